The topological polar surface area (TPSA) is 181 Å². The average Bonchev–Trinajstić information content (AvgIpc) is 2.78. The fourth-order valence-corrected chi connectivity index (χ4v) is 2.76. The Kier molecular flexibility index (Phi) is 12.2. The number of carboxylic acid groups (broad SMARTS) is 1. The highest BCUT2D eigenvalue weighted by atomic mass is 16.6. The van der Waals surface area contributed by atoms with Crippen LogP contribution in [0.2, 0.25) is 0 Å². The fourth-order valence-electron chi connectivity index (χ4n) is 2.76. The Labute approximate surface area is 180 Å². The first-order chi connectivity index (χ1) is 14.9. The number of non-ortho nitro benzene ring substituents is 1. The molecule has 0 spiro atoms. The van der Waals surface area contributed by atoms with Gasteiger partial charge in [-0.1, -0.05) is 0 Å². The summed E-state index contributed by atoms with van der Waals surface area (Å²) in [5.74, 6) is -1.14. The van der Waals surface area contributed by atoms with Gasteiger partial charge in [0.25, 0.3) is 5.69 Å². The molecule has 1 saturated heterocycles. The molecule has 2 rings (SSSR count). The molecular formula is C20H29N5O6. The average molecular weight is 435 g/mol. The van der Waals surface area contributed by atoms with Crippen LogP contribution in [-0.2, 0) is 16.1 Å². The minimum Gasteiger partial charge on any atom is -0.480 e. The van der Waals surface area contributed by atoms with Crippen molar-refractivity contribution in [3.05, 3.63) is 39.9 Å². The lowest BCUT2D eigenvalue weighted by Crippen LogP contribution is -2.41. The highest BCUT2D eigenvalue weighted by Gasteiger charge is 2.20. The molecule has 1 heterocycles. The van der Waals surface area contributed by atoms with E-state index < -0.39 is 23.0 Å². The largest absolute Gasteiger partial charge is 0.480 e. The molecule has 5 N–H and O–H groups in total. The Hall–Kier alpha value is -3.23. The van der Waals surface area contributed by atoms with Gasteiger partial charge in [-0.25, -0.2) is 9.59 Å². The van der Waals surface area contributed by atoms with Crippen LogP contribution in [0.5, 0.6) is 0 Å². The molecule has 1 aliphatic rings. The minimum atomic E-state index is -1.14. The molecule has 11 nitrogen and oxygen atoms in total. The molecule has 11 heteroatoms. The van der Waals surface area contributed by atoms with E-state index in [4.69, 9.17) is 20.8 Å². The van der Waals surface area contributed by atoms with Crippen molar-refractivity contribution in [2.75, 3.05) is 13.1 Å². The number of nitrogens with one attached hydrogen (secondary N) is 2. The summed E-state index contributed by atoms with van der Waals surface area (Å²) in [6, 6.07) is 6.81. The highest BCUT2D eigenvalue weighted by molar-refractivity contribution is 5.79. The lowest BCUT2D eigenvalue weighted by atomic mass is 10.1. The first-order valence-electron chi connectivity index (χ1n) is 10.1. The zero-order chi connectivity index (χ0) is 23.1. The molecule has 0 aromatic heterocycles. The van der Waals surface area contributed by atoms with E-state index in [0.29, 0.717) is 24.9 Å². The van der Waals surface area contributed by atoms with Gasteiger partial charge in [-0.2, -0.15) is 5.26 Å². The predicted octanol–water partition coefficient (Wildman–Crippen LogP) is 2.06. The van der Waals surface area contributed by atoms with Gasteiger partial charge in [-0.3, -0.25) is 10.1 Å². The molecule has 2 atom stereocenters. The Morgan fingerprint density at radius 2 is 2.06 bits per heavy atom. The summed E-state index contributed by atoms with van der Waals surface area (Å²) >= 11 is 0. The number of nitrogens with zero attached hydrogens (tertiary/aromatic N) is 2. The standard InChI is InChI=1S/C14H19N3O6.C6H10N2/c15-8-2-1-3-12(13(18)19)16-14(20)23-9-10-4-6-11(7-5-10)17(21)22;7-5-6-3-1-2-4-8-6/h4-7,12H,1-3,8-9,15H2,(H,16,20)(H,18,19);6,8H,1-4H2/t12-;/m0./s1. The first kappa shape index (κ1) is 25.8. The van der Waals surface area contributed by atoms with Crippen LogP contribution in [0.4, 0.5) is 10.5 Å². The van der Waals surface area contributed by atoms with Crippen LogP contribution in [0, 0.1) is 21.4 Å². The second-order valence-corrected chi connectivity index (χ2v) is 6.95. The number of nitro benzene ring substituents is 1. The number of aliphatic carboxylic acids is 1. The van der Waals surface area contributed by atoms with Crippen LogP contribution >= 0.6 is 0 Å². The molecule has 0 bridgehead atoms. The van der Waals surface area contributed by atoms with Gasteiger partial charge >= 0.3 is 12.1 Å². The summed E-state index contributed by atoms with van der Waals surface area (Å²) in [5, 5.41) is 33.3. The van der Waals surface area contributed by atoms with Crippen molar-refractivity contribution in [1.29, 1.82) is 5.26 Å². The maximum atomic E-state index is 11.6. The Morgan fingerprint density at radius 3 is 2.55 bits per heavy atom. The molecule has 0 aliphatic carbocycles. The van der Waals surface area contributed by atoms with Crippen LogP contribution in [0.15, 0.2) is 24.3 Å². The molecule has 0 saturated carbocycles. The van der Waals surface area contributed by atoms with Crippen molar-refractivity contribution in [2.24, 2.45) is 5.73 Å². The quantitative estimate of drug-likeness (QED) is 0.256. The smallest absolute Gasteiger partial charge is 0.408 e. The number of amides is 1. The lowest BCUT2D eigenvalue weighted by molar-refractivity contribution is -0.384. The van der Waals surface area contributed by atoms with Crippen molar-refractivity contribution in [1.82, 2.24) is 10.6 Å². The van der Waals surface area contributed by atoms with E-state index in [1.165, 1.54) is 37.1 Å². The summed E-state index contributed by atoms with van der Waals surface area (Å²) in [4.78, 5) is 32.6. The number of nitriles is 1. The summed E-state index contributed by atoms with van der Waals surface area (Å²) in [5.41, 5.74) is 5.82. The molecule has 0 radical (unpaired) electrons. The first-order valence-corrected chi connectivity index (χ1v) is 10.1. The number of hydrogen-bond donors (Lipinski definition) is 4. The van der Waals surface area contributed by atoms with Gasteiger partial charge in [0.05, 0.1) is 17.0 Å². The number of carbonyl (C=O) groups is 2. The number of piperidine rings is 1. The second kappa shape index (κ2) is 14.7. The lowest BCUT2D eigenvalue weighted by Gasteiger charge is -2.15. The van der Waals surface area contributed by atoms with Gasteiger partial charge in [-0.15, -0.1) is 0 Å². The minimum absolute atomic E-state index is 0.0657. The zero-order valence-corrected chi connectivity index (χ0v) is 17.3. The maximum Gasteiger partial charge on any atom is 0.408 e. The van der Waals surface area contributed by atoms with Gasteiger partial charge in [-0.05, 0) is 69.3 Å². The summed E-state index contributed by atoms with van der Waals surface area (Å²) in [7, 11) is 0. The Morgan fingerprint density at radius 1 is 1.35 bits per heavy atom. The predicted molar refractivity (Wildman–Crippen MR) is 112 cm³/mol. The van der Waals surface area contributed by atoms with Crippen molar-refractivity contribution in [3.63, 3.8) is 0 Å². The number of hydrogen-bond acceptors (Lipinski definition) is 8. The third-order valence-electron chi connectivity index (χ3n) is 4.52. The highest BCUT2D eigenvalue weighted by Crippen LogP contribution is 2.12. The van der Waals surface area contributed by atoms with E-state index in [1.54, 1.807) is 0 Å². The van der Waals surface area contributed by atoms with Crippen LogP contribution in [-0.4, -0.2) is 47.3 Å². The number of ether oxygens (including phenoxy) is 1. The molecule has 1 aromatic rings. The van der Waals surface area contributed by atoms with Crippen molar-refractivity contribution < 1.29 is 24.4 Å². The number of carbonyl (C=O) groups excluding carboxylic acids is 1. The van der Waals surface area contributed by atoms with E-state index in [2.05, 4.69) is 16.7 Å². The number of nitrogens with two attached hydrogens (primary N) is 1. The molecule has 1 fully saturated rings. The van der Waals surface area contributed by atoms with Crippen molar-refractivity contribution in [3.8, 4) is 6.07 Å². The third kappa shape index (κ3) is 10.9. The summed E-state index contributed by atoms with van der Waals surface area (Å²) < 4.78 is 4.91. The molecule has 170 valence electrons. The van der Waals surface area contributed by atoms with Gasteiger partial charge in [0.15, 0.2) is 0 Å². The molecule has 1 aliphatic heterocycles. The Balaban J connectivity index is 0.000000500. The summed E-state index contributed by atoms with van der Waals surface area (Å²) in [6.07, 6.45) is 4.14. The molecule has 1 amide bonds. The molecular weight excluding hydrogens is 406 g/mol. The maximum absolute atomic E-state index is 11.6. The fraction of sp³-hybridized carbons (Fsp3) is 0.550. The number of carboxylic acids is 1. The van der Waals surface area contributed by atoms with Gasteiger partial charge < -0.3 is 26.2 Å². The van der Waals surface area contributed by atoms with Gasteiger partial charge in [0.2, 0.25) is 0 Å². The van der Waals surface area contributed by atoms with Gasteiger partial charge in [0.1, 0.15) is 12.6 Å². The number of alkyl carbamates (subject to hydrolysis) is 1. The van der Waals surface area contributed by atoms with Crippen LogP contribution in [0.3, 0.4) is 0 Å². The molecule has 1 unspecified atom stereocenters. The summed E-state index contributed by atoms with van der Waals surface area (Å²) in [6.45, 7) is 1.37. The van der Waals surface area contributed by atoms with Crippen LogP contribution in [0.1, 0.15) is 44.1 Å². The zero-order valence-electron chi connectivity index (χ0n) is 17.3. The number of benzene rings is 1. The van der Waals surface area contributed by atoms with Crippen molar-refractivity contribution >= 4 is 17.7 Å². The molecule has 31 heavy (non-hydrogen) atoms. The molecule has 1 aromatic carbocycles. The number of unbranched alkanes of at least 4 members (excludes halogenated alkanes) is 1. The van der Waals surface area contributed by atoms with E-state index in [1.807, 2.05) is 0 Å². The normalized spacial score (nSPS) is 16.1. The monoisotopic (exact) mass is 435 g/mol. The van der Waals surface area contributed by atoms with Crippen LogP contribution in [0.25, 0.3) is 0 Å². The van der Waals surface area contributed by atoms with E-state index in [0.717, 1.165) is 13.0 Å². The van der Waals surface area contributed by atoms with E-state index in [-0.39, 0.29) is 24.8 Å². The third-order valence-corrected chi connectivity index (χ3v) is 4.52. The van der Waals surface area contributed by atoms with Gasteiger partial charge in [0, 0.05) is 12.1 Å². The SMILES string of the molecule is N#CC1CCCCN1.NCCCC[C@H](NC(=O)OCc1ccc([N+](=O)[O-])cc1)C(=O)O. The van der Waals surface area contributed by atoms with Crippen molar-refractivity contribution in [2.45, 2.75) is 57.2 Å². The van der Waals surface area contributed by atoms with E-state index in [9.17, 15) is 19.7 Å². The van der Waals surface area contributed by atoms with Crippen LogP contribution < -0.4 is 16.4 Å². The van der Waals surface area contributed by atoms with E-state index >= 15 is 0 Å². The Bertz CT molecular complexity index is 743. The second-order valence-electron chi connectivity index (χ2n) is 6.95. The number of rotatable bonds is 9. The number of nitro groups is 1.